The van der Waals surface area contributed by atoms with E-state index in [2.05, 4.69) is 18.8 Å². The van der Waals surface area contributed by atoms with E-state index in [9.17, 15) is 13.5 Å². The van der Waals surface area contributed by atoms with Gasteiger partial charge in [-0.3, -0.25) is 4.18 Å². The van der Waals surface area contributed by atoms with Crippen molar-refractivity contribution in [2.45, 2.75) is 57.0 Å². The van der Waals surface area contributed by atoms with Gasteiger partial charge in [0.05, 0.1) is 17.6 Å². The number of aliphatic hydroxyl groups is 1. The van der Waals surface area contributed by atoms with Crippen molar-refractivity contribution in [1.29, 1.82) is 0 Å². The minimum atomic E-state index is -3.82. The summed E-state index contributed by atoms with van der Waals surface area (Å²) < 4.78 is 28.7. The number of hydrogen-bond donors (Lipinski definition) is 1. The van der Waals surface area contributed by atoms with Crippen LogP contribution in [0.15, 0.2) is 29.2 Å². The first-order chi connectivity index (χ1) is 10.5. The van der Waals surface area contributed by atoms with E-state index < -0.39 is 16.2 Å². The molecule has 0 saturated carbocycles. The first kappa shape index (κ1) is 18.7. The van der Waals surface area contributed by atoms with Crippen molar-refractivity contribution in [2.24, 2.45) is 0 Å². The van der Waals surface area contributed by atoms with Crippen LogP contribution in [0.25, 0.3) is 0 Å². The summed E-state index contributed by atoms with van der Waals surface area (Å²) in [5, 5.41) is 9.71. The van der Waals surface area contributed by atoms with Crippen molar-refractivity contribution in [2.75, 3.05) is 6.61 Å². The van der Waals surface area contributed by atoms with Gasteiger partial charge in [-0.05, 0) is 25.5 Å². The van der Waals surface area contributed by atoms with Gasteiger partial charge in [-0.2, -0.15) is 8.42 Å². The Morgan fingerprint density at radius 1 is 1.18 bits per heavy atom. The topological polar surface area (TPSA) is 63.6 Å². The van der Waals surface area contributed by atoms with Crippen LogP contribution in [-0.2, 0) is 14.3 Å². The number of unbranched alkanes of at least 4 members (excludes halogenated alkanes) is 3. The molecule has 0 heterocycles. The fraction of sp³-hybridized carbons (Fsp3) is 0.529. The summed E-state index contributed by atoms with van der Waals surface area (Å²) in [4.78, 5) is 0.0935. The molecule has 0 amide bonds. The van der Waals surface area contributed by atoms with E-state index in [0.717, 1.165) is 31.2 Å². The Kier molecular flexibility index (Phi) is 8.18. The molecule has 0 bridgehead atoms. The molecule has 0 saturated heterocycles. The van der Waals surface area contributed by atoms with Crippen LogP contribution in [-0.4, -0.2) is 26.2 Å². The molecule has 1 atom stereocenters. The van der Waals surface area contributed by atoms with Crippen LogP contribution in [0.1, 0.15) is 44.6 Å². The molecule has 122 valence electrons. The van der Waals surface area contributed by atoms with Crippen molar-refractivity contribution in [3.8, 4) is 11.8 Å². The standard InChI is InChI=1S/C17H24O4S/c1-3-4-5-6-7-8-9-16(18)14-21-22(19,20)17-12-10-15(2)11-13-17/h10-13,16,18H,3-6,9,14H2,1-2H3. The van der Waals surface area contributed by atoms with E-state index in [4.69, 9.17) is 4.18 Å². The zero-order chi connectivity index (χ0) is 16.4. The average molecular weight is 324 g/mol. The van der Waals surface area contributed by atoms with E-state index in [1.807, 2.05) is 6.92 Å². The van der Waals surface area contributed by atoms with Gasteiger partial charge < -0.3 is 5.11 Å². The molecule has 0 spiro atoms. The Hall–Kier alpha value is -1.35. The summed E-state index contributed by atoms with van der Waals surface area (Å²) in [6.45, 7) is 3.73. The van der Waals surface area contributed by atoms with Gasteiger partial charge in [0.2, 0.25) is 0 Å². The molecule has 22 heavy (non-hydrogen) atoms. The maximum absolute atomic E-state index is 11.9. The summed E-state index contributed by atoms with van der Waals surface area (Å²) in [7, 11) is -3.82. The van der Waals surface area contributed by atoms with Crippen LogP contribution in [0.4, 0.5) is 0 Å². The lowest BCUT2D eigenvalue weighted by molar-refractivity contribution is 0.115. The molecule has 5 heteroatoms. The monoisotopic (exact) mass is 324 g/mol. The Balaban J connectivity index is 2.39. The molecule has 1 unspecified atom stereocenters. The second-order valence-electron chi connectivity index (χ2n) is 5.22. The second kappa shape index (κ2) is 9.62. The smallest absolute Gasteiger partial charge is 0.297 e. The molecule has 1 rings (SSSR count). The lowest BCUT2D eigenvalue weighted by Gasteiger charge is -2.09. The van der Waals surface area contributed by atoms with Gasteiger partial charge >= 0.3 is 0 Å². The summed E-state index contributed by atoms with van der Waals surface area (Å²) in [5.74, 6) is 5.82. The Labute approximate surface area is 133 Å². The second-order valence-corrected chi connectivity index (χ2v) is 6.84. The third-order valence-electron chi connectivity index (χ3n) is 3.09. The zero-order valence-electron chi connectivity index (χ0n) is 13.2. The SMILES string of the molecule is CCCCCC#CCC(O)COS(=O)(=O)c1ccc(C)cc1. The fourth-order valence-corrected chi connectivity index (χ4v) is 2.68. The van der Waals surface area contributed by atoms with Crippen LogP contribution in [0.3, 0.4) is 0 Å². The Bertz CT molecular complexity index is 594. The highest BCUT2D eigenvalue weighted by molar-refractivity contribution is 7.86. The number of hydrogen-bond acceptors (Lipinski definition) is 4. The zero-order valence-corrected chi connectivity index (χ0v) is 14.0. The van der Waals surface area contributed by atoms with E-state index in [1.54, 1.807) is 12.1 Å². The van der Waals surface area contributed by atoms with Crippen LogP contribution >= 0.6 is 0 Å². The molecular weight excluding hydrogens is 300 g/mol. The molecule has 0 aromatic heterocycles. The predicted octanol–water partition coefficient (Wildman–Crippen LogP) is 3.04. The van der Waals surface area contributed by atoms with Gasteiger partial charge in [-0.15, -0.1) is 11.8 Å². The van der Waals surface area contributed by atoms with E-state index in [-0.39, 0.29) is 17.9 Å². The summed E-state index contributed by atoms with van der Waals surface area (Å²) >= 11 is 0. The van der Waals surface area contributed by atoms with Crippen molar-refractivity contribution in [3.63, 3.8) is 0 Å². The fourth-order valence-electron chi connectivity index (χ4n) is 1.74. The molecule has 4 nitrogen and oxygen atoms in total. The minimum Gasteiger partial charge on any atom is -0.390 e. The first-order valence-electron chi connectivity index (χ1n) is 7.55. The van der Waals surface area contributed by atoms with Crippen molar-refractivity contribution in [1.82, 2.24) is 0 Å². The van der Waals surface area contributed by atoms with Crippen molar-refractivity contribution >= 4 is 10.1 Å². The lowest BCUT2D eigenvalue weighted by Crippen LogP contribution is -2.18. The van der Waals surface area contributed by atoms with Gasteiger partial charge in [0.25, 0.3) is 10.1 Å². The molecule has 0 aliphatic heterocycles. The predicted molar refractivity (Wildman–Crippen MR) is 86.9 cm³/mol. The molecule has 0 radical (unpaired) electrons. The number of aliphatic hydroxyl groups excluding tert-OH is 1. The van der Waals surface area contributed by atoms with Gasteiger partial charge in [0, 0.05) is 12.8 Å². The largest absolute Gasteiger partial charge is 0.390 e. The maximum Gasteiger partial charge on any atom is 0.297 e. The Morgan fingerprint density at radius 2 is 1.86 bits per heavy atom. The highest BCUT2D eigenvalue weighted by Gasteiger charge is 2.16. The first-order valence-corrected chi connectivity index (χ1v) is 8.96. The molecule has 1 aromatic carbocycles. The lowest BCUT2D eigenvalue weighted by atomic mass is 10.2. The third kappa shape index (κ3) is 7.08. The van der Waals surface area contributed by atoms with E-state index in [0.29, 0.717) is 0 Å². The van der Waals surface area contributed by atoms with Gasteiger partial charge in [0.1, 0.15) is 0 Å². The molecular formula is C17H24O4S. The molecule has 1 aromatic rings. The summed E-state index contributed by atoms with van der Waals surface area (Å²) in [6, 6.07) is 6.39. The van der Waals surface area contributed by atoms with E-state index in [1.165, 1.54) is 12.1 Å². The minimum absolute atomic E-state index is 0.0935. The average Bonchev–Trinajstić information content (AvgIpc) is 2.49. The highest BCUT2D eigenvalue weighted by atomic mass is 32.2. The van der Waals surface area contributed by atoms with Crippen molar-refractivity contribution in [3.05, 3.63) is 29.8 Å². The van der Waals surface area contributed by atoms with Crippen LogP contribution < -0.4 is 0 Å². The van der Waals surface area contributed by atoms with Crippen molar-refractivity contribution < 1.29 is 17.7 Å². The summed E-state index contributed by atoms with van der Waals surface area (Å²) in [5.41, 5.74) is 0.970. The Morgan fingerprint density at radius 3 is 2.50 bits per heavy atom. The number of benzene rings is 1. The van der Waals surface area contributed by atoms with Gasteiger partial charge in [-0.25, -0.2) is 0 Å². The quantitative estimate of drug-likeness (QED) is 0.453. The molecule has 0 aliphatic rings. The van der Waals surface area contributed by atoms with Crippen LogP contribution in [0.5, 0.6) is 0 Å². The summed E-state index contributed by atoms with van der Waals surface area (Å²) in [6.07, 6.45) is 3.47. The van der Waals surface area contributed by atoms with E-state index >= 15 is 0 Å². The molecule has 0 aliphatic carbocycles. The number of aryl methyl sites for hydroxylation is 1. The molecule has 0 fully saturated rings. The van der Waals surface area contributed by atoms with Crippen LogP contribution in [0, 0.1) is 18.8 Å². The maximum atomic E-state index is 11.9. The molecule has 1 N–H and O–H groups in total. The van der Waals surface area contributed by atoms with Gasteiger partial charge in [-0.1, -0.05) is 37.5 Å². The normalized spacial score (nSPS) is 12.5. The highest BCUT2D eigenvalue weighted by Crippen LogP contribution is 2.13. The van der Waals surface area contributed by atoms with Crippen LogP contribution in [0.2, 0.25) is 0 Å². The number of rotatable bonds is 8. The third-order valence-corrected chi connectivity index (χ3v) is 4.39. The van der Waals surface area contributed by atoms with Gasteiger partial charge in [0.15, 0.2) is 0 Å².